The summed E-state index contributed by atoms with van der Waals surface area (Å²) >= 11 is 0. The number of aromatic hydroxyl groups is 2. The molecule has 1 aromatic heterocycles. The van der Waals surface area contributed by atoms with Gasteiger partial charge in [0.1, 0.15) is 11.5 Å². The summed E-state index contributed by atoms with van der Waals surface area (Å²) in [4.78, 5) is 13.0. The van der Waals surface area contributed by atoms with E-state index in [4.69, 9.17) is 0 Å². The van der Waals surface area contributed by atoms with Crippen molar-refractivity contribution in [2.75, 3.05) is 0 Å². The summed E-state index contributed by atoms with van der Waals surface area (Å²) in [5.41, 5.74) is 3.51. The molecule has 0 atom stereocenters. The van der Waals surface area contributed by atoms with Crippen molar-refractivity contribution in [2.24, 2.45) is 0 Å². The number of aryl methyl sites for hydroxylation is 1. The van der Waals surface area contributed by atoms with Gasteiger partial charge in [-0.1, -0.05) is 43.5 Å². The number of aromatic amines is 1. The van der Waals surface area contributed by atoms with Crippen LogP contribution in [0.25, 0.3) is 0 Å². The molecule has 2 aromatic carbocycles. The second-order valence-corrected chi connectivity index (χ2v) is 7.47. The maximum absolute atomic E-state index is 10.4. The number of phenols is 2. The molecule has 1 fully saturated rings. The van der Waals surface area contributed by atoms with E-state index in [1.54, 1.807) is 36.5 Å². The van der Waals surface area contributed by atoms with Crippen molar-refractivity contribution in [3.05, 3.63) is 93.9 Å². The van der Waals surface area contributed by atoms with Crippen LogP contribution in [0.5, 0.6) is 11.5 Å². The van der Waals surface area contributed by atoms with Crippen molar-refractivity contribution >= 4 is 0 Å². The molecule has 1 heterocycles. The standard InChI is InChI=1S/C18H20O2.C6H7NO/c19-16-8-4-14(5-9-16)18(12-2-1-3-13-18)15-6-10-17(20)11-7-15;1-5-2-3-7-6(8)4-5/h4-11,19-20H,1-3,12-13H2;2-4H,1H3,(H,7,8). The summed E-state index contributed by atoms with van der Waals surface area (Å²) in [6, 6.07) is 18.6. The van der Waals surface area contributed by atoms with Gasteiger partial charge in [-0.05, 0) is 66.8 Å². The van der Waals surface area contributed by atoms with E-state index in [1.807, 2.05) is 37.3 Å². The van der Waals surface area contributed by atoms with Crippen LogP contribution in [0.2, 0.25) is 0 Å². The third-order valence-corrected chi connectivity index (χ3v) is 5.48. The molecule has 0 spiro atoms. The van der Waals surface area contributed by atoms with E-state index in [0.29, 0.717) is 11.5 Å². The number of benzene rings is 2. The first-order valence-corrected chi connectivity index (χ1v) is 9.74. The number of phenolic OH excluding ortho intramolecular Hbond substituents is 2. The lowest BCUT2D eigenvalue weighted by Crippen LogP contribution is -2.30. The first-order chi connectivity index (χ1) is 13.5. The molecule has 0 unspecified atom stereocenters. The van der Waals surface area contributed by atoms with Crippen LogP contribution in [0.15, 0.2) is 71.7 Å². The van der Waals surface area contributed by atoms with Crippen LogP contribution in [0.1, 0.15) is 48.8 Å². The summed E-state index contributed by atoms with van der Waals surface area (Å²) in [6.45, 7) is 1.88. The minimum absolute atomic E-state index is 0.0274. The summed E-state index contributed by atoms with van der Waals surface area (Å²) in [5.74, 6) is 0.621. The largest absolute Gasteiger partial charge is 0.508 e. The third kappa shape index (κ3) is 4.63. The second-order valence-electron chi connectivity index (χ2n) is 7.47. The number of pyridine rings is 1. The lowest BCUT2D eigenvalue weighted by molar-refractivity contribution is 0.345. The zero-order chi connectivity index (χ0) is 20.0. The molecule has 3 N–H and O–H groups in total. The Hall–Kier alpha value is -3.01. The van der Waals surface area contributed by atoms with Gasteiger partial charge in [0.05, 0.1) is 0 Å². The van der Waals surface area contributed by atoms with Gasteiger partial charge in [-0.15, -0.1) is 0 Å². The highest BCUT2D eigenvalue weighted by Gasteiger charge is 2.35. The number of rotatable bonds is 2. The lowest BCUT2D eigenvalue weighted by Gasteiger charge is -2.38. The minimum atomic E-state index is -0.0370. The molecule has 4 nitrogen and oxygen atoms in total. The zero-order valence-corrected chi connectivity index (χ0v) is 16.2. The van der Waals surface area contributed by atoms with Gasteiger partial charge >= 0.3 is 0 Å². The molecule has 28 heavy (non-hydrogen) atoms. The van der Waals surface area contributed by atoms with Gasteiger partial charge < -0.3 is 15.2 Å². The highest BCUT2D eigenvalue weighted by atomic mass is 16.3. The Morgan fingerprint density at radius 2 is 1.29 bits per heavy atom. The van der Waals surface area contributed by atoms with Gasteiger partial charge in [0, 0.05) is 17.7 Å². The van der Waals surface area contributed by atoms with Crippen LogP contribution in [0.4, 0.5) is 0 Å². The van der Waals surface area contributed by atoms with Crippen molar-refractivity contribution in [3.8, 4) is 11.5 Å². The third-order valence-electron chi connectivity index (χ3n) is 5.48. The molecule has 0 aliphatic heterocycles. The maximum atomic E-state index is 10.4. The number of hydrogen-bond acceptors (Lipinski definition) is 3. The fraction of sp³-hybridized carbons (Fsp3) is 0.292. The second kappa shape index (κ2) is 8.79. The van der Waals surface area contributed by atoms with Gasteiger partial charge in [0.25, 0.3) is 0 Å². The van der Waals surface area contributed by atoms with E-state index in [9.17, 15) is 15.0 Å². The van der Waals surface area contributed by atoms with E-state index in [-0.39, 0.29) is 11.0 Å². The topological polar surface area (TPSA) is 73.3 Å². The van der Waals surface area contributed by atoms with E-state index >= 15 is 0 Å². The van der Waals surface area contributed by atoms with E-state index in [2.05, 4.69) is 4.98 Å². The molecular weight excluding hydrogens is 350 g/mol. The number of aromatic nitrogens is 1. The van der Waals surface area contributed by atoms with Crippen LogP contribution in [0.3, 0.4) is 0 Å². The van der Waals surface area contributed by atoms with Crippen molar-refractivity contribution in [3.63, 3.8) is 0 Å². The number of nitrogens with one attached hydrogen (secondary N) is 1. The molecular formula is C24H27NO3. The monoisotopic (exact) mass is 377 g/mol. The molecule has 0 saturated heterocycles. The Morgan fingerprint density at radius 1 is 0.786 bits per heavy atom. The molecule has 3 aromatic rings. The van der Waals surface area contributed by atoms with E-state index in [1.165, 1.54) is 30.4 Å². The molecule has 1 aliphatic carbocycles. The first kappa shape index (κ1) is 19.7. The summed E-state index contributed by atoms with van der Waals surface area (Å²) < 4.78 is 0. The average molecular weight is 377 g/mol. The molecule has 0 radical (unpaired) electrons. The van der Waals surface area contributed by atoms with Crippen LogP contribution in [-0.4, -0.2) is 15.2 Å². The van der Waals surface area contributed by atoms with Gasteiger partial charge in [0.2, 0.25) is 5.56 Å². The predicted octanol–water partition coefficient (Wildman–Crippen LogP) is 5.03. The molecule has 146 valence electrons. The fourth-order valence-corrected chi connectivity index (χ4v) is 4.01. The van der Waals surface area contributed by atoms with Crippen molar-refractivity contribution in [2.45, 2.75) is 44.4 Å². The lowest BCUT2D eigenvalue weighted by atomic mass is 9.65. The van der Waals surface area contributed by atoms with Crippen LogP contribution < -0.4 is 5.56 Å². The van der Waals surface area contributed by atoms with Gasteiger partial charge in [-0.2, -0.15) is 0 Å². The van der Waals surface area contributed by atoms with Crippen LogP contribution in [0, 0.1) is 6.92 Å². The maximum Gasteiger partial charge on any atom is 0.248 e. The Balaban J connectivity index is 0.000000236. The fourth-order valence-electron chi connectivity index (χ4n) is 4.01. The van der Waals surface area contributed by atoms with Crippen molar-refractivity contribution < 1.29 is 10.2 Å². The molecule has 1 aliphatic rings. The Morgan fingerprint density at radius 3 is 1.68 bits per heavy atom. The Labute approximate surface area is 165 Å². The highest BCUT2D eigenvalue weighted by molar-refractivity contribution is 5.43. The molecule has 0 bridgehead atoms. The molecule has 4 rings (SSSR count). The Kier molecular flexibility index (Phi) is 6.19. The average Bonchev–Trinajstić information content (AvgIpc) is 2.70. The van der Waals surface area contributed by atoms with Gasteiger partial charge in [0.15, 0.2) is 0 Å². The van der Waals surface area contributed by atoms with E-state index < -0.39 is 0 Å². The summed E-state index contributed by atoms with van der Waals surface area (Å²) in [7, 11) is 0. The van der Waals surface area contributed by atoms with Gasteiger partial charge in [-0.3, -0.25) is 4.79 Å². The summed E-state index contributed by atoms with van der Waals surface area (Å²) in [6.07, 6.45) is 7.63. The SMILES string of the molecule is Cc1cc[nH]c(=O)c1.Oc1ccc(C2(c3ccc(O)cc3)CCCCC2)cc1. The molecule has 0 amide bonds. The zero-order valence-electron chi connectivity index (χ0n) is 16.2. The van der Waals surface area contributed by atoms with Crippen LogP contribution >= 0.6 is 0 Å². The molecule has 4 heteroatoms. The van der Waals surface area contributed by atoms with E-state index in [0.717, 1.165) is 18.4 Å². The van der Waals surface area contributed by atoms with Gasteiger partial charge in [-0.25, -0.2) is 0 Å². The quantitative estimate of drug-likeness (QED) is 0.586. The normalized spacial score (nSPS) is 15.3. The summed E-state index contributed by atoms with van der Waals surface area (Å²) in [5, 5.41) is 19.0. The first-order valence-electron chi connectivity index (χ1n) is 9.74. The Bertz CT molecular complexity index is 889. The molecule has 1 saturated carbocycles. The van der Waals surface area contributed by atoms with Crippen molar-refractivity contribution in [1.82, 2.24) is 4.98 Å². The van der Waals surface area contributed by atoms with Crippen LogP contribution in [-0.2, 0) is 5.41 Å². The minimum Gasteiger partial charge on any atom is -0.508 e. The number of hydrogen-bond donors (Lipinski definition) is 3. The number of H-pyrrole nitrogens is 1. The van der Waals surface area contributed by atoms with Crippen molar-refractivity contribution in [1.29, 1.82) is 0 Å². The smallest absolute Gasteiger partial charge is 0.248 e. The predicted molar refractivity (Wildman–Crippen MR) is 112 cm³/mol. The highest BCUT2D eigenvalue weighted by Crippen LogP contribution is 2.45.